The molecule has 0 aliphatic heterocycles. The van der Waals surface area contributed by atoms with Gasteiger partial charge in [0.2, 0.25) is 0 Å². The maximum absolute atomic E-state index is 3.98. The molecule has 1 aromatic heterocycles. The topological polar surface area (TPSA) is 29.0 Å². The van der Waals surface area contributed by atoms with E-state index in [1.54, 1.807) is 6.33 Å². The Kier molecular flexibility index (Phi) is 3.17. The van der Waals surface area contributed by atoms with Gasteiger partial charge in [-0.25, -0.2) is 9.97 Å². The standard InChI is InChI=1S/C9H15N3/c1-4-12(3)8(2)9-5-10-7-11-6-9/h5-8H,4H2,1-3H3. The van der Waals surface area contributed by atoms with Crippen molar-refractivity contribution in [1.82, 2.24) is 14.9 Å². The minimum atomic E-state index is 0.399. The van der Waals surface area contributed by atoms with Gasteiger partial charge < -0.3 is 0 Å². The third-order valence-electron chi connectivity index (χ3n) is 2.22. The Morgan fingerprint density at radius 3 is 2.50 bits per heavy atom. The third kappa shape index (κ3) is 2.01. The molecule has 3 heteroatoms. The molecule has 0 saturated carbocycles. The maximum atomic E-state index is 3.98. The Labute approximate surface area is 73.5 Å². The molecule has 1 heterocycles. The molecule has 0 spiro atoms. The van der Waals surface area contributed by atoms with Crippen LogP contribution < -0.4 is 0 Å². The van der Waals surface area contributed by atoms with Gasteiger partial charge in [-0.2, -0.15) is 0 Å². The zero-order valence-corrected chi connectivity index (χ0v) is 7.86. The third-order valence-corrected chi connectivity index (χ3v) is 2.22. The zero-order chi connectivity index (χ0) is 8.97. The monoisotopic (exact) mass is 165 g/mol. The van der Waals surface area contributed by atoms with Crippen molar-refractivity contribution in [3.05, 3.63) is 24.3 Å². The van der Waals surface area contributed by atoms with Crippen LogP contribution in [0.3, 0.4) is 0 Å². The molecule has 0 fully saturated rings. The van der Waals surface area contributed by atoms with Gasteiger partial charge in [-0.1, -0.05) is 6.92 Å². The normalized spacial score (nSPS) is 13.3. The van der Waals surface area contributed by atoms with Crippen LogP contribution in [0.2, 0.25) is 0 Å². The van der Waals surface area contributed by atoms with Gasteiger partial charge in [0, 0.05) is 24.0 Å². The minimum Gasteiger partial charge on any atom is -0.300 e. The van der Waals surface area contributed by atoms with E-state index in [1.807, 2.05) is 12.4 Å². The molecule has 0 aliphatic rings. The molecule has 0 radical (unpaired) electrons. The average Bonchev–Trinajstić information content (AvgIpc) is 2.17. The molecule has 66 valence electrons. The lowest BCUT2D eigenvalue weighted by atomic mass is 10.1. The Bertz CT molecular complexity index is 222. The summed E-state index contributed by atoms with van der Waals surface area (Å²) in [5, 5.41) is 0. The van der Waals surface area contributed by atoms with E-state index in [0.29, 0.717) is 6.04 Å². The zero-order valence-electron chi connectivity index (χ0n) is 7.86. The highest BCUT2D eigenvalue weighted by Crippen LogP contribution is 2.15. The van der Waals surface area contributed by atoms with Gasteiger partial charge in [0.15, 0.2) is 0 Å². The van der Waals surface area contributed by atoms with E-state index in [4.69, 9.17) is 0 Å². The highest BCUT2D eigenvalue weighted by molar-refractivity contribution is 5.07. The fourth-order valence-corrected chi connectivity index (χ4v) is 1.05. The smallest absolute Gasteiger partial charge is 0.115 e. The average molecular weight is 165 g/mol. The van der Waals surface area contributed by atoms with Gasteiger partial charge in [-0.15, -0.1) is 0 Å². The molecular formula is C9H15N3. The second kappa shape index (κ2) is 4.16. The first kappa shape index (κ1) is 9.13. The number of hydrogen-bond acceptors (Lipinski definition) is 3. The molecule has 0 aliphatic carbocycles. The predicted octanol–water partition coefficient (Wildman–Crippen LogP) is 1.49. The Hall–Kier alpha value is -0.960. The number of nitrogens with zero attached hydrogens (tertiary/aromatic N) is 3. The van der Waals surface area contributed by atoms with Crippen molar-refractivity contribution in [2.45, 2.75) is 19.9 Å². The second-order valence-electron chi connectivity index (χ2n) is 2.92. The van der Waals surface area contributed by atoms with Crippen molar-refractivity contribution >= 4 is 0 Å². The SMILES string of the molecule is CCN(C)C(C)c1cncnc1. The van der Waals surface area contributed by atoms with Gasteiger partial charge >= 0.3 is 0 Å². The number of hydrogen-bond donors (Lipinski definition) is 0. The summed E-state index contributed by atoms with van der Waals surface area (Å²) in [6.07, 6.45) is 5.29. The van der Waals surface area contributed by atoms with Crippen LogP contribution in [-0.4, -0.2) is 28.5 Å². The van der Waals surface area contributed by atoms with Crippen LogP contribution in [0, 0.1) is 0 Å². The van der Waals surface area contributed by atoms with E-state index in [2.05, 4.69) is 35.8 Å². The van der Waals surface area contributed by atoms with E-state index < -0.39 is 0 Å². The summed E-state index contributed by atoms with van der Waals surface area (Å²) in [5.41, 5.74) is 1.17. The second-order valence-corrected chi connectivity index (χ2v) is 2.92. The van der Waals surface area contributed by atoms with Gasteiger partial charge in [-0.3, -0.25) is 4.90 Å². The van der Waals surface area contributed by atoms with Gasteiger partial charge in [0.05, 0.1) is 0 Å². The van der Waals surface area contributed by atoms with Crippen LogP contribution in [0.4, 0.5) is 0 Å². The van der Waals surface area contributed by atoms with Crippen LogP contribution in [0.15, 0.2) is 18.7 Å². The van der Waals surface area contributed by atoms with Gasteiger partial charge in [0.1, 0.15) is 6.33 Å². The molecule has 12 heavy (non-hydrogen) atoms. The molecule has 0 bridgehead atoms. The Balaban J connectivity index is 2.71. The minimum absolute atomic E-state index is 0.399. The first-order valence-corrected chi connectivity index (χ1v) is 4.20. The quantitative estimate of drug-likeness (QED) is 0.679. The predicted molar refractivity (Wildman–Crippen MR) is 48.8 cm³/mol. The molecule has 3 nitrogen and oxygen atoms in total. The number of aromatic nitrogens is 2. The fraction of sp³-hybridized carbons (Fsp3) is 0.556. The van der Waals surface area contributed by atoms with E-state index in [1.165, 1.54) is 5.56 Å². The van der Waals surface area contributed by atoms with Crippen LogP contribution in [-0.2, 0) is 0 Å². The van der Waals surface area contributed by atoms with Crippen molar-refractivity contribution in [2.24, 2.45) is 0 Å². The van der Waals surface area contributed by atoms with Crippen LogP contribution in [0.1, 0.15) is 25.5 Å². The molecule has 1 aromatic rings. The molecule has 0 aromatic carbocycles. The lowest BCUT2D eigenvalue weighted by molar-refractivity contribution is 0.275. The lowest BCUT2D eigenvalue weighted by Crippen LogP contribution is -2.21. The van der Waals surface area contributed by atoms with E-state index >= 15 is 0 Å². The summed E-state index contributed by atoms with van der Waals surface area (Å²) >= 11 is 0. The van der Waals surface area contributed by atoms with Gasteiger partial charge in [0.25, 0.3) is 0 Å². The van der Waals surface area contributed by atoms with Crippen molar-refractivity contribution < 1.29 is 0 Å². The Morgan fingerprint density at radius 2 is 2.00 bits per heavy atom. The fourth-order valence-electron chi connectivity index (χ4n) is 1.05. The summed E-state index contributed by atoms with van der Waals surface area (Å²) in [7, 11) is 2.09. The Morgan fingerprint density at radius 1 is 1.42 bits per heavy atom. The van der Waals surface area contributed by atoms with Crippen molar-refractivity contribution in [1.29, 1.82) is 0 Å². The van der Waals surface area contributed by atoms with Crippen molar-refractivity contribution in [2.75, 3.05) is 13.6 Å². The molecule has 0 saturated heterocycles. The lowest BCUT2D eigenvalue weighted by Gasteiger charge is -2.22. The van der Waals surface area contributed by atoms with E-state index in [0.717, 1.165) is 6.54 Å². The van der Waals surface area contributed by atoms with E-state index in [9.17, 15) is 0 Å². The molecule has 0 N–H and O–H groups in total. The van der Waals surface area contributed by atoms with Crippen LogP contribution in [0.5, 0.6) is 0 Å². The molecule has 1 atom stereocenters. The summed E-state index contributed by atoms with van der Waals surface area (Å²) in [6.45, 7) is 5.33. The van der Waals surface area contributed by atoms with Crippen molar-refractivity contribution in [3.63, 3.8) is 0 Å². The van der Waals surface area contributed by atoms with E-state index in [-0.39, 0.29) is 0 Å². The molecule has 0 amide bonds. The number of rotatable bonds is 3. The van der Waals surface area contributed by atoms with Crippen molar-refractivity contribution in [3.8, 4) is 0 Å². The van der Waals surface area contributed by atoms with Crippen LogP contribution >= 0.6 is 0 Å². The highest BCUT2D eigenvalue weighted by atomic mass is 15.1. The summed E-state index contributed by atoms with van der Waals surface area (Å²) in [4.78, 5) is 10.2. The first-order chi connectivity index (χ1) is 5.75. The largest absolute Gasteiger partial charge is 0.300 e. The maximum Gasteiger partial charge on any atom is 0.115 e. The van der Waals surface area contributed by atoms with Crippen LogP contribution in [0.25, 0.3) is 0 Å². The summed E-state index contributed by atoms with van der Waals surface area (Å²) < 4.78 is 0. The highest BCUT2D eigenvalue weighted by Gasteiger charge is 2.09. The molecular weight excluding hydrogens is 150 g/mol. The van der Waals surface area contributed by atoms with Gasteiger partial charge in [-0.05, 0) is 20.5 Å². The summed E-state index contributed by atoms with van der Waals surface area (Å²) in [5.74, 6) is 0. The molecule has 1 unspecified atom stereocenters. The summed E-state index contributed by atoms with van der Waals surface area (Å²) in [6, 6.07) is 0.399. The molecule has 1 rings (SSSR count). The first-order valence-electron chi connectivity index (χ1n) is 4.20.